The fourth-order valence-electron chi connectivity index (χ4n) is 3.61. The normalized spacial score (nSPS) is 14.0. The topological polar surface area (TPSA) is 77.0 Å². The summed E-state index contributed by atoms with van der Waals surface area (Å²) in [6.45, 7) is 1.30. The number of aromatic nitrogens is 3. The molecule has 0 saturated carbocycles. The Bertz CT molecular complexity index is 1080. The fraction of sp³-hybridized carbons (Fsp3) is 0.286. The fourth-order valence-corrected chi connectivity index (χ4v) is 3.61. The predicted molar refractivity (Wildman–Crippen MR) is 111 cm³/mol. The number of halogens is 4. The van der Waals surface area contributed by atoms with Crippen molar-refractivity contribution < 1.29 is 18.0 Å². The average Bonchev–Trinajstić information content (AvgIpc) is 3.16. The van der Waals surface area contributed by atoms with Crippen molar-refractivity contribution in [2.24, 2.45) is 5.73 Å². The average molecular weight is 452 g/mol. The van der Waals surface area contributed by atoms with E-state index in [9.17, 15) is 18.0 Å². The number of hydrogen-bond acceptors (Lipinski definition) is 4. The zero-order chi connectivity index (χ0) is 21.3. The molecule has 0 aliphatic carbocycles. The molecule has 4 rings (SSSR count). The maximum absolute atomic E-state index is 13.8. The lowest BCUT2D eigenvalue weighted by Crippen LogP contribution is -2.41. The molecular formula is C21H21ClF3N5O. The Kier molecular flexibility index (Phi) is 6.97. The van der Waals surface area contributed by atoms with Gasteiger partial charge < -0.3 is 10.6 Å². The molecule has 2 aromatic carbocycles. The van der Waals surface area contributed by atoms with Crippen molar-refractivity contribution >= 4 is 18.3 Å². The van der Waals surface area contributed by atoms with E-state index in [1.165, 1.54) is 0 Å². The van der Waals surface area contributed by atoms with Gasteiger partial charge in [-0.05, 0) is 18.1 Å². The molecule has 1 amide bonds. The summed E-state index contributed by atoms with van der Waals surface area (Å²) >= 11 is 0. The molecule has 2 heterocycles. The molecule has 164 valence electrons. The van der Waals surface area contributed by atoms with Gasteiger partial charge in [-0.3, -0.25) is 4.79 Å². The van der Waals surface area contributed by atoms with E-state index in [0.29, 0.717) is 25.7 Å². The van der Waals surface area contributed by atoms with E-state index >= 15 is 0 Å². The molecule has 0 radical (unpaired) electrons. The van der Waals surface area contributed by atoms with E-state index in [1.807, 2.05) is 30.3 Å². The first-order valence-electron chi connectivity index (χ1n) is 9.57. The molecule has 2 N–H and O–H groups in total. The van der Waals surface area contributed by atoms with E-state index in [2.05, 4.69) is 10.3 Å². The highest BCUT2D eigenvalue weighted by Gasteiger charge is 2.26. The van der Waals surface area contributed by atoms with Crippen LogP contribution in [0.15, 0.2) is 42.5 Å². The highest BCUT2D eigenvalue weighted by Crippen LogP contribution is 2.25. The second-order valence-electron chi connectivity index (χ2n) is 7.32. The Labute approximate surface area is 183 Å². The molecule has 0 bridgehead atoms. The highest BCUT2D eigenvalue weighted by atomic mass is 35.5. The van der Waals surface area contributed by atoms with Crippen LogP contribution in [0.5, 0.6) is 0 Å². The van der Waals surface area contributed by atoms with E-state index in [0.717, 1.165) is 23.0 Å². The number of benzene rings is 2. The van der Waals surface area contributed by atoms with Gasteiger partial charge in [0.1, 0.15) is 11.5 Å². The lowest BCUT2D eigenvalue weighted by Gasteiger charge is -2.28. The first-order valence-corrected chi connectivity index (χ1v) is 9.57. The second kappa shape index (κ2) is 9.49. The molecular weight excluding hydrogens is 431 g/mol. The number of amides is 1. The van der Waals surface area contributed by atoms with Gasteiger partial charge >= 0.3 is 0 Å². The smallest absolute Gasteiger partial charge is 0.224 e. The predicted octanol–water partition coefficient (Wildman–Crippen LogP) is 3.09. The van der Waals surface area contributed by atoms with Gasteiger partial charge in [0, 0.05) is 30.6 Å². The highest BCUT2D eigenvalue weighted by molar-refractivity contribution is 5.85. The van der Waals surface area contributed by atoms with Crippen molar-refractivity contribution in [3.05, 3.63) is 71.2 Å². The van der Waals surface area contributed by atoms with Crippen LogP contribution in [0.25, 0.3) is 11.3 Å². The molecule has 31 heavy (non-hydrogen) atoms. The maximum Gasteiger partial charge on any atom is 0.224 e. The monoisotopic (exact) mass is 451 g/mol. The number of rotatable bonds is 5. The van der Waals surface area contributed by atoms with Crippen LogP contribution in [-0.4, -0.2) is 38.4 Å². The maximum atomic E-state index is 13.8. The molecule has 1 aliphatic heterocycles. The minimum Gasteiger partial charge on any atom is -0.335 e. The van der Waals surface area contributed by atoms with E-state index in [-0.39, 0.29) is 36.7 Å². The zero-order valence-corrected chi connectivity index (χ0v) is 17.3. The van der Waals surface area contributed by atoms with Gasteiger partial charge in [0.15, 0.2) is 11.6 Å². The van der Waals surface area contributed by atoms with Crippen LogP contribution in [0.1, 0.15) is 17.7 Å². The Balaban J connectivity index is 0.00000272. The van der Waals surface area contributed by atoms with Crippen LogP contribution >= 0.6 is 12.4 Å². The van der Waals surface area contributed by atoms with E-state index in [1.54, 1.807) is 9.58 Å². The van der Waals surface area contributed by atoms with Gasteiger partial charge in [0.2, 0.25) is 5.91 Å². The van der Waals surface area contributed by atoms with Crippen molar-refractivity contribution in [2.45, 2.75) is 32.0 Å². The van der Waals surface area contributed by atoms with Gasteiger partial charge in [-0.2, -0.15) is 0 Å². The van der Waals surface area contributed by atoms with Crippen molar-refractivity contribution in [3.63, 3.8) is 0 Å². The van der Waals surface area contributed by atoms with Gasteiger partial charge in [0.25, 0.3) is 0 Å². The van der Waals surface area contributed by atoms with Crippen LogP contribution in [0, 0.1) is 17.5 Å². The minimum atomic E-state index is -1.26. The molecule has 10 heteroatoms. The van der Waals surface area contributed by atoms with Crippen LogP contribution in [-0.2, 0) is 24.3 Å². The number of fused-ring (bicyclic) bond motifs is 1. The minimum absolute atomic E-state index is 0. The van der Waals surface area contributed by atoms with Crippen LogP contribution in [0.3, 0.4) is 0 Å². The number of carbonyl (C=O) groups is 1. The standard InChI is InChI=1S/C21H20F3N5O.ClH/c22-16-11-18(24)17(23)9-14(16)8-15(25)10-20(30)28-6-7-29-19(12-28)21(26-27-29)13-4-2-1-3-5-13;/h1-5,9,11,15H,6-8,10,12,25H2;1H/t15-;/m1./s1. The molecule has 6 nitrogen and oxygen atoms in total. The van der Waals surface area contributed by atoms with E-state index in [4.69, 9.17) is 5.73 Å². The third-order valence-electron chi connectivity index (χ3n) is 5.17. The number of nitrogens with two attached hydrogens (primary N) is 1. The molecule has 1 aromatic heterocycles. The number of carbonyl (C=O) groups excluding carboxylic acids is 1. The Morgan fingerprint density at radius 2 is 1.77 bits per heavy atom. The van der Waals surface area contributed by atoms with E-state index < -0.39 is 23.5 Å². The summed E-state index contributed by atoms with van der Waals surface area (Å²) in [5.74, 6) is -3.47. The molecule has 1 atom stereocenters. The summed E-state index contributed by atoms with van der Waals surface area (Å²) in [6.07, 6.45) is -0.113. The third kappa shape index (κ3) is 4.88. The quantitative estimate of drug-likeness (QED) is 0.605. The summed E-state index contributed by atoms with van der Waals surface area (Å²) in [4.78, 5) is 14.4. The van der Waals surface area contributed by atoms with Crippen molar-refractivity contribution in [1.82, 2.24) is 19.9 Å². The zero-order valence-electron chi connectivity index (χ0n) is 16.5. The lowest BCUT2D eigenvalue weighted by atomic mass is 10.0. The van der Waals surface area contributed by atoms with Crippen molar-refractivity contribution in [3.8, 4) is 11.3 Å². The molecule has 3 aromatic rings. The van der Waals surface area contributed by atoms with Gasteiger partial charge in [-0.15, -0.1) is 17.5 Å². The van der Waals surface area contributed by atoms with Crippen LogP contribution in [0.4, 0.5) is 13.2 Å². The summed E-state index contributed by atoms with van der Waals surface area (Å²) in [7, 11) is 0. The first-order chi connectivity index (χ1) is 14.4. The second-order valence-corrected chi connectivity index (χ2v) is 7.32. The summed E-state index contributed by atoms with van der Waals surface area (Å²) < 4.78 is 42.1. The third-order valence-corrected chi connectivity index (χ3v) is 5.17. The largest absolute Gasteiger partial charge is 0.335 e. The Hall–Kier alpha value is -2.91. The summed E-state index contributed by atoms with van der Waals surface area (Å²) in [5, 5.41) is 8.41. The van der Waals surface area contributed by atoms with Gasteiger partial charge in [0.05, 0.1) is 18.8 Å². The summed E-state index contributed by atoms with van der Waals surface area (Å²) in [6, 6.07) is 10.1. The SMILES string of the molecule is Cl.N[C@@H](CC(=O)N1CCn2nnc(-c3ccccc3)c2C1)Cc1cc(F)c(F)cc1F. The number of nitrogens with zero attached hydrogens (tertiary/aromatic N) is 4. The summed E-state index contributed by atoms with van der Waals surface area (Å²) in [5.41, 5.74) is 8.42. The Morgan fingerprint density at radius 3 is 2.52 bits per heavy atom. The lowest BCUT2D eigenvalue weighted by molar-refractivity contribution is -0.133. The molecule has 0 saturated heterocycles. The van der Waals surface area contributed by atoms with Crippen molar-refractivity contribution in [1.29, 1.82) is 0 Å². The Morgan fingerprint density at radius 1 is 1.06 bits per heavy atom. The molecule has 0 fully saturated rings. The van der Waals surface area contributed by atoms with Gasteiger partial charge in [-0.1, -0.05) is 35.5 Å². The number of hydrogen-bond donors (Lipinski definition) is 1. The molecule has 1 aliphatic rings. The van der Waals surface area contributed by atoms with Gasteiger partial charge in [-0.25, -0.2) is 17.9 Å². The van der Waals surface area contributed by atoms with Crippen LogP contribution < -0.4 is 5.73 Å². The molecule has 0 unspecified atom stereocenters. The first kappa shape index (κ1) is 22.8. The molecule has 0 spiro atoms. The van der Waals surface area contributed by atoms with Crippen molar-refractivity contribution in [2.75, 3.05) is 6.54 Å². The van der Waals surface area contributed by atoms with Crippen LogP contribution in [0.2, 0.25) is 0 Å².